The molecular formula is C20H20N2O. The zero-order valence-electron chi connectivity index (χ0n) is 13.6. The minimum absolute atomic E-state index is 0.0185. The summed E-state index contributed by atoms with van der Waals surface area (Å²) < 4.78 is 0. The molecule has 4 rings (SSSR count). The molecule has 2 atom stereocenters. The highest BCUT2D eigenvalue weighted by molar-refractivity contribution is 6.02. The SMILES string of the molecule is CC(C)(C)C(NC(=O)C1=CC=C2C1=CC1=CC12)c1ccccn1. The first kappa shape index (κ1) is 14.2. The zero-order valence-corrected chi connectivity index (χ0v) is 13.6. The summed E-state index contributed by atoms with van der Waals surface area (Å²) in [6.45, 7) is 6.36. The number of fused-ring (bicyclic) bond motifs is 3. The quantitative estimate of drug-likeness (QED) is 0.926. The fourth-order valence-electron chi connectivity index (χ4n) is 3.35. The standard InChI is InChI=1S/C20H20N2O/c1-20(2,3)18(17-6-4-5-9-21-17)22-19(23)14-8-7-13-15-10-12(15)11-16(13)14/h4-11,15,18H,1-3H3,(H,22,23). The van der Waals surface area contributed by atoms with E-state index >= 15 is 0 Å². The van der Waals surface area contributed by atoms with Crippen LogP contribution >= 0.6 is 0 Å². The summed E-state index contributed by atoms with van der Waals surface area (Å²) in [5.74, 6) is 0.454. The number of rotatable bonds is 3. The van der Waals surface area contributed by atoms with Gasteiger partial charge >= 0.3 is 0 Å². The van der Waals surface area contributed by atoms with Gasteiger partial charge in [-0.05, 0) is 46.4 Å². The van der Waals surface area contributed by atoms with Crippen molar-refractivity contribution in [1.82, 2.24) is 10.3 Å². The third kappa shape index (κ3) is 2.37. The zero-order chi connectivity index (χ0) is 16.2. The van der Waals surface area contributed by atoms with Crippen molar-refractivity contribution in [2.75, 3.05) is 0 Å². The van der Waals surface area contributed by atoms with Crippen molar-refractivity contribution in [3.05, 3.63) is 76.7 Å². The second-order valence-electron chi connectivity index (χ2n) is 7.43. The summed E-state index contributed by atoms with van der Waals surface area (Å²) in [7, 11) is 0. The van der Waals surface area contributed by atoms with Crippen molar-refractivity contribution in [1.29, 1.82) is 0 Å². The van der Waals surface area contributed by atoms with E-state index in [1.807, 2.05) is 24.3 Å². The highest BCUT2D eigenvalue weighted by Gasteiger charge is 2.40. The van der Waals surface area contributed by atoms with E-state index in [1.165, 1.54) is 11.1 Å². The van der Waals surface area contributed by atoms with Crippen LogP contribution in [0, 0.1) is 11.3 Å². The van der Waals surface area contributed by atoms with Gasteiger partial charge in [-0.2, -0.15) is 0 Å². The second-order valence-corrected chi connectivity index (χ2v) is 7.43. The van der Waals surface area contributed by atoms with Crippen molar-refractivity contribution in [2.45, 2.75) is 26.8 Å². The Hall–Kier alpha value is -2.42. The molecule has 0 saturated heterocycles. The number of pyridine rings is 1. The number of aromatic nitrogens is 1. The van der Waals surface area contributed by atoms with Crippen LogP contribution in [-0.2, 0) is 4.79 Å². The maximum absolute atomic E-state index is 12.8. The molecule has 1 N–H and O–H groups in total. The number of nitrogens with one attached hydrogen (secondary N) is 1. The average Bonchev–Trinajstić information content (AvgIpc) is 2.99. The molecule has 3 nitrogen and oxygen atoms in total. The van der Waals surface area contributed by atoms with Crippen LogP contribution in [0.1, 0.15) is 32.5 Å². The van der Waals surface area contributed by atoms with E-state index in [-0.39, 0.29) is 17.4 Å². The van der Waals surface area contributed by atoms with E-state index in [2.05, 4.69) is 49.3 Å². The smallest absolute Gasteiger partial charge is 0.252 e. The molecule has 3 aliphatic carbocycles. The van der Waals surface area contributed by atoms with Crippen LogP contribution in [0.25, 0.3) is 0 Å². The van der Waals surface area contributed by atoms with Crippen molar-refractivity contribution < 1.29 is 4.79 Å². The van der Waals surface area contributed by atoms with E-state index < -0.39 is 0 Å². The van der Waals surface area contributed by atoms with Gasteiger partial charge in [0.05, 0.1) is 11.7 Å². The molecule has 0 bridgehead atoms. The van der Waals surface area contributed by atoms with Crippen LogP contribution in [0.5, 0.6) is 0 Å². The minimum Gasteiger partial charge on any atom is -0.343 e. The lowest BCUT2D eigenvalue weighted by atomic mass is 9.84. The van der Waals surface area contributed by atoms with E-state index in [4.69, 9.17) is 0 Å². The topological polar surface area (TPSA) is 42.0 Å². The number of amides is 1. The maximum Gasteiger partial charge on any atom is 0.252 e. The molecule has 0 spiro atoms. The molecule has 1 aromatic heterocycles. The monoisotopic (exact) mass is 304 g/mol. The summed E-state index contributed by atoms with van der Waals surface area (Å²) in [6.07, 6.45) is 10.2. The van der Waals surface area contributed by atoms with Gasteiger partial charge in [0.2, 0.25) is 0 Å². The third-order valence-corrected chi connectivity index (χ3v) is 4.66. The number of hydrogen-bond donors (Lipinski definition) is 1. The van der Waals surface area contributed by atoms with Crippen LogP contribution in [-0.4, -0.2) is 10.9 Å². The van der Waals surface area contributed by atoms with Gasteiger partial charge < -0.3 is 5.32 Å². The Kier molecular flexibility index (Phi) is 2.95. The van der Waals surface area contributed by atoms with E-state index in [0.717, 1.165) is 16.8 Å². The van der Waals surface area contributed by atoms with Crippen molar-refractivity contribution in [3.8, 4) is 0 Å². The van der Waals surface area contributed by atoms with E-state index in [1.54, 1.807) is 6.20 Å². The first-order chi connectivity index (χ1) is 10.9. The number of allylic oxidation sites excluding steroid dienone is 6. The Balaban J connectivity index is 1.57. The Morgan fingerprint density at radius 3 is 2.78 bits per heavy atom. The fourth-order valence-corrected chi connectivity index (χ4v) is 3.35. The molecule has 0 saturated carbocycles. The van der Waals surface area contributed by atoms with E-state index in [0.29, 0.717) is 5.92 Å². The Morgan fingerprint density at radius 2 is 2.09 bits per heavy atom. The summed E-state index contributed by atoms with van der Waals surface area (Å²) in [5, 5.41) is 3.19. The molecule has 1 heterocycles. The molecule has 0 aromatic carbocycles. The molecule has 23 heavy (non-hydrogen) atoms. The normalized spacial score (nSPS) is 22.3. The number of nitrogens with zero attached hydrogens (tertiary/aromatic N) is 1. The molecule has 3 heteroatoms. The van der Waals surface area contributed by atoms with Crippen LogP contribution in [0.3, 0.4) is 0 Å². The number of carbonyl (C=O) groups is 1. The molecule has 3 aliphatic rings. The van der Waals surface area contributed by atoms with Crippen LogP contribution in [0.4, 0.5) is 0 Å². The van der Waals surface area contributed by atoms with Gasteiger partial charge in [-0.15, -0.1) is 0 Å². The van der Waals surface area contributed by atoms with Gasteiger partial charge in [-0.25, -0.2) is 0 Å². The van der Waals surface area contributed by atoms with Crippen molar-refractivity contribution >= 4 is 5.91 Å². The molecular weight excluding hydrogens is 284 g/mol. The lowest BCUT2D eigenvalue weighted by Crippen LogP contribution is -2.38. The van der Waals surface area contributed by atoms with Gasteiger partial charge in [-0.1, -0.05) is 39.0 Å². The molecule has 0 radical (unpaired) electrons. The van der Waals surface area contributed by atoms with Gasteiger partial charge in [0, 0.05) is 17.7 Å². The summed E-state index contributed by atoms with van der Waals surface area (Å²) in [6, 6.07) is 5.69. The molecule has 0 aliphatic heterocycles. The lowest BCUT2D eigenvalue weighted by Gasteiger charge is -2.31. The van der Waals surface area contributed by atoms with Gasteiger partial charge in [0.15, 0.2) is 0 Å². The molecule has 2 unspecified atom stereocenters. The first-order valence-corrected chi connectivity index (χ1v) is 8.03. The summed E-state index contributed by atoms with van der Waals surface area (Å²) in [5.41, 5.74) is 5.27. The summed E-state index contributed by atoms with van der Waals surface area (Å²) >= 11 is 0. The molecule has 1 aromatic rings. The number of hydrogen-bond acceptors (Lipinski definition) is 2. The van der Waals surface area contributed by atoms with Crippen molar-refractivity contribution in [2.24, 2.45) is 11.3 Å². The second kappa shape index (κ2) is 4.79. The first-order valence-electron chi connectivity index (χ1n) is 8.03. The lowest BCUT2D eigenvalue weighted by molar-refractivity contribution is -0.118. The van der Waals surface area contributed by atoms with Gasteiger partial charge in [-0.3, -0.25) is 9.78 Å². The Bertz CT molecular complexity index is 804. The maximum atomic E-state index is 12.8. The highest BCUT2D eigenvalue weighted by Crippen LogP contribution is 2.51. The van der Waals surface area contributed by atoms with Crippen LogP contribution in [0.2, 0.25) is 0 Å². The largest absolute Gasteiger partial charge is 0.343 e. The summed E-state index contributed by atoms with van der Waals surface area (Å²) in [4.78, 5) is 17.3. The molecule has 1 amide bonds. The molecule has 116 valence electrons. The fraction of sp³-hybridized carbons (Fsp3) is 0.300. The average molecular weight is 304 g/mol. The van der Waals surface area contributed by atoms with Gasteiger partial charge in [0.1, 0.15) is 0 Å². The third-order valence-electron chi connectivity index (χ3n) is 4.66. The Labute approximate surface area is 136 Å². The van der Waals surface area contributed by atoms with E-state index in [9.17, 15) is 4.79 Å². The predicted octanol–water partition coefficient (Wildman–Crippen LogP) is 3.65. The minimum atomic E-state index is -0.128. The van der Waals surface area contributed by atoms with Gasteiger partial charge in [0.25, 0.3) is 5.91 Å². The predicted molar refractivity (Wildman–Crippen MR) is 90.4 cm³/mol. The van der Waals surface area contributed by atoms with Crippen LogP contribution < -0.4 is 5.32 Å². The number of carbonyl (C=O) groups excluding carboxylic acids is 1. The Morgan fingerprint density at radius 1 is 1.26 bits per heavy atom. The highest BCUT2D eigenvalue weighted by atomic mass is 16.1. The van der Waals surface area contributed by atoms with Crippen molar-refractivity contribution in [3.63, 3.8) is 0 Å². The molecule has 0 fully saturated rings. The van der Waals surface area contributed by atoms with Crippen LogP contribution in [0.15, 0.2) is 71.0 Å².